The number of aromatic nitrogens is 3. The van der Waals surface area contributed by atoms with Gasteiger partial charge in [-0.2, -0.15) is 0 Å². The normalized spacial score (nSPS) is 9.79. The van der Waals surface area contributed by atoms with Gasteiger partial charge in [-0.05, 0) is 24.3 Å². The summed E-state index contributed by atoms with van der Waals surface area (Å²) in [4.78, 5) is 11.3. The highest BCUT2D eigenvalue weighted by atomic mass is 16.5. The van der Waals surface area contributed by atoms with Crippen LogP contribution in [0.15, 0.2) is 24.3 Å². The van der Waals surface area contributed by atoms with E-state index in [1.54, 1.807) is 7.11 Å². The monoisotopic (exact) mass is 185 g/mol. The number of benzene rings is 1. The fraction of sp³-hybridized carbons (Fsp3) is 0.100. The first-order chi connectivity index (χ1) is 6.90. The van der Waals surface area contributed by atoms with Gasteiger partial charge >= 0.3 is 0 Å². The predicted molar refractivity (Wildman–Crippen MR) is 49.5 cm³/mol. The Morgan fingerprint density at radius 1 is 1.07 bits per heavy atom. The summed E-state index contributed by atoms with van der Waals surface area (Å²) in [7, 11) is 1.62. The van der Waals surface area contributed by atoms with Crippen LogP contribution in [-0.4, -0.2) is 22.1 Å². The van der Waals surface area contributed by atoms with Crippen molar-refractivity contribution in [2.24, 2.45) is 0 Å². The van der Waals surface area contributed by atoms with Crippen molar-refractivity contribution >= 4 is 0 Å². The van der Waals surface area contributed by atoms with Crippen LogP contribution in [0.3, 0.4) is 0 Å². The lowest BCUT2D eigenvalue weighted by atomic mass is 10.2. The predicted octanol–water partition coefficient (Wildman–Crippen LogP) is 1.15. The Balaban J connectivity index is 2.34. The second kappa shape index (κ2) is 3.83. The molecule has 0 amide bonds. The molecule has 1 heterocycles. The van der Waals surface area contributed by atoms with E-state index in [4.69, 9.17) is 4.74 Å². The number of hydrogen-bond donors (Lipinski definition) is 0. The third-order valence-electron chi connectivity index (χ3n) is 1.76. The van der Waals surface area contributed by atoms with Crippen molar-refractivity contribution in [3.05, 3.63) is 36.9 Å². The Hall–Kier alpha value is -1.97. The molecule has 4 heteroatoms. The van der Waals surface area contributed by atoms with Crippen LogP contribution in [0.4, 0.5) is 0 Å². The molecular weight excluding hydrogens is 178 g/mol. The summed E-state index contributed by atoms with van der Waals surface area (Å²) in [5.41, 5.74) is 0.890. The van der Waals surface area contributed by atoms with Crippen LogP contribution in [-0.2, 0) is 0 Å². The van der Waals surface area contributed by atoms with Gasteiger partial charge in [0.15, 0.2) is 5.82 Å². The molecule has 1 aromatic heterocycles. The lowest BCUT2D eigenvalue weighted by molar-refractivity contribution is 0.415. The van der Waals surface area contributed by atoms with E-state index >= 15 is 0 Å². The lowest BCUT2D eigenvalue weighted by Gasteiger charge is -2.00. The van der Waals surface area contributed by atoms with Gasteiger partial charge in [0.1, 0.15) is 5.75 Å². The fourth-order valence-corrected chi connectivity index (χ4v) is 1.06. The molecule has 2 radical (unpaired) electrons. The van der Waals surface area contributed by atoms with Gasteiger partial charge in [-0.25, -0.2) is 15.0 Å². The number of rotatable bonds is 2. The first-order valence-corrected chi connectivity index (χ1v) is 4.03. The minimum Gasteiger partial charge on any atom is -0.497 e. The Morgan fingerprint density at radius 3 is 2.29 bits per heavy atom. The van der Waals surface area contributed by atoms with E-state index < -0.39 is 0 Å². The van der Waals surface area contributed by atoms with Crippen LogP contribution in [0.1, 0.15) is 0 Å². The molecule has 2 rings (SSSR count). The van der Waals surface area contributed by atoms with Crippen LogP contribution in [0.2, 0.25) is 0 Å². The van der Waals surface area contributed by atoms with Gasteiger partial charge < -0.3 is 4.74 Å². The Morgan fingerprint density at radius 2 is 1.71 bits per heavy atom. The molecular formula is C10H7N3O. The number of ether oxygens (including phenoxy) is 1. The molecule has 0 atom stereocenters. The average molecular weight is 185 g/mol. The highest BCUT2D eigenvalue weighted by molar-refractivity contribution is 5.55. The van der Waals surface area contributed by atoms with Crippen molar-refractivity contribution in [2.45, 2.75) is 0 Å². The van der Waals surface area contributed by atoms with E-state index in [0.29, 0.717) is 5.82 Å². The number of hydrogen-bond acceptors (Lipinski definition) is 4. The summed E-state index contributed by atoms with van der Waals surface area (Å²) in [5, 5.41) is 0. The van der Waals surface area contributed by atoms with Gasteiger partial charge in [0.25, 0.3) is 0 Å². The lowest BCUT2D eigenvalue weighted by Crippen LogP contribution is -1.90. The first kappa shape index (κ1) is 8.62. The summed E-state index contributed by atoms with van der Waals surface area (Å²) in [6.45, 7) is 0. The minimum absolute atomic E-state index is 0.558. The summed E-state index contributed by atoms with van der Waals surface area (Å²) in [6.07, 6.45) is 4.88. The molecule has 68 valence electrons. The van der Waals surface area contributed by atoms with Crippen molar-refractivity contribution in [1.82, 2.24) is 15.0 Å². The SMILES string of the molecule is COc1ccc(-c2n[c]n[c]n2)cc1. The van der Waals surface area contributed by atoms with Crippen LogP contribution in [0, 0.1) is 12.7 Å². The average Bonchev–Trinajstić information content (AvgIpc) is 2.30. The van der Waals surface area contributed by atoms with E-state index in [1.165, 1.54) is 0 Å². The van der Waals surface area contributed by atoms with Crippen molar-refractivity contribution in [2.75, 3.05) is 7.11 Å². The number of nitrogens with zero attached hydrogens (tertiary/aromatic N) is 3. The van der Waals surface area contributed by atoms with Crippen molar-refractivity contribution in [1.29, 1.82) is 0 Å². The standard InChI is InChI=1S/C10H7N3O/c1-14-9-4-2-8(3-5-9)10-12-6-11-7-13-10/h2-5H,1H3. The largest absolute Gasteiger partial charge is 0.497 e. The Labute approximate surface area is 81.6 Å². The zero-order valence-corrected chi connectivity index (χ0v) is 7.56. The molecule has 0 saturated heterocycles. The van der Waals surface area contributed by atoms with E-state index in [2.05, 4.69) is 27.6 Å². The van der Waals surface area contributed by atoms with Gasteiger partial charge in [0.05, 0.1) is 7.11 Å². The maximum absolute atomic E-state index is 5.04. The van der Waals surface area contributed by atoms with Gasteiger partial charge in [-0.15, -0.1) is 0 Å². The molecule has 0 saturated carbocycles. The molecule has 0 fully saturated rings. The summed E-state index contributed by atoms with van der Waals surface area (Å²) in [6, 6.07) is 7.43. The van der Waals surface area contributed by atoms with Gasteiger partial charge in [-0.3, -0.25) is 0 Å². The van der Waals surface area contributed by atoms with Crippen LogP contribution in [0.25, 0.3) is 11.4 Å². The highest BCUT2D eigenvalue weighted by Gasteiger charge is 1.99. The smallest absolute Gasteiger partial charge is 0.202 e. The topological polar surface area (TPSA) is 47.9 Å². The van der Waals surface area contributed by atoms with Crippen LogP contribution < -0.4 is 4.74 Å². The van der Waals surface area contributed by atoms with Crippen LogP contribution in [0.5, 0.6) is 5.75 Å². The second-order valence-electron chi connectivity index (χ2n) is 2.59. The summed E-state index contributed by atoms with van der Waals surface area (Å²) < 4.78 is 5.04. The maximum atomic E-state index is 5.04. The third kappa shape index (κ3) is 1.69. The van der Waals surface area contributed by atoms with E-state index in [9.17, 15) is 0 Å². The molecule has 0 aliphatic carbocycles. The molecule has 2 aromatic rings. The van der Waals surface area contributed by atoms with Crippen LogP contribution >= 0.6 is 0 Å². The maximum Gasteiger partial charge on any atom is 0.202 e. The molecule has 0 aliphatic rings. The third-order valence-corrected chi connectivity index (χ3v) is 1.76. The van der Waals surface area contributed by atoms with Gasteiger partial charge in [0, 0.05) is 5.56 Å². The molecule has 0 spiro atoms. The zero-order valence-electron chi connectivity index (χ0n) is 7.56. The fourth-order valence-electron chi connectivity index (χ4n) is 1.06. The van der Waals surface area contributed by atoms with E-state index in [1.807, 2.05) is 24.3 Å². The van der Waals surface area contributed by atoms with Gasteiger partial charge in [0.2, 0.25) is 12.7 Å². The Kier molecular flexibility index (Phi) is 2.36. The summed E-state index contributed by atoms with van der Waals surface area (Å²) >= 11 is 0. The van der Waals surface area contributed by atoms with Crippen molar-refractivity contribution in [3.63, 3.8) is 0 Å². The molecule has 0 bridgehead atoms. The molecule has 4 nitrogen and oxygen atoms in total. The molecule has 0 unspecified atom stereocenters. The highest BCUT2D eigenvalue weighted by Crippen LogP contribution is 2.17. The molecule has 1 aromatic carbocycles. The zero-order chi connectivity index (χ0) is 9.80. The summed E-state index contributed by atoms with van der Waals surface area (Å²) in [5.74, 6) is 1.36. The second-order valence-corrected chi connectivity index (χ2v) is 2.59. The molecule has 0 aliphatic heterocycles. The Bertz CT molecular complexity index is 399. The molecule has 0 N–H and O–H groups in total. The van der Waals surface area contributed by atoms with Crippen molar-refractivity contribution in [3.8, 4) is 17.1 Å². The van der Waals surface area contributed by atoms with E-state index in [0.717, 1.165) is 11.3 Å². The first-order valence-electron chi connectivity index (χ1n) is 4.03. The quantitative estimate of drug-likeness (QED) is 0.704. The molecule has 14 heavy (non-hydrogen) atoms. The van der Waals surface area contributed by atoms with Gasteiger partial charge in [-0.1, -0.05) is 0 Å². The van der Waals surface area contributed by atoms with E-state index in [-0.39, 0.29) is 0 Å². The number of methoxy groups -OCH3 is 1. The van der Waals surface area contributed by atoms with Crippen molar-refractivity contribution < 1.29 is 4.74 Å². The minimum atomic E-state index is 0.558.